The Balaban J connectivity index is 1.45. The second-order valence-corrected chi connectivity index (χ2v) is 6.34. The zero-order chi connectivity index (χ0) is 16.1. The number of amides is 1. The molecule has 2 aliphatic rings. The molecule has 0 bridgehead atoms. The Morgan fingerprint density at radius 3 is 2.83 bits per heavy atom. The summed E-state index contributed by atoms with van der Waals surface area (Å²) in [4.78, 5) is 16.9. The highest BCUT2D eigenvalue weighted by Crippen LogP contribution is 2.16. The van der Waals surface area contributed by atoms with Gasteiger partial charge in [-0.1, -0.05) is 12.1 Å². The third-order valence-corrected chi connectivity index (χ3v) is 4.70. The van der Waals surface area contributed by atoms with E-state index in [-0.39, 0.29) is 5.91 Å². The monoisotopic (exact) mass is 318 g/mol. The molecule has 0 N–H and O–H groups in total. The number of ether oxygens (including phenoxy) is 2. The third-order valence-electron chi connectivity index (χ3n) is 4.70. The van der Waals surface area contributed by atoms with Crippen molar-refractivity contribution in [3.05, 3.63) is 29.8 Å². The number of hydrogen-bond acceptors (Lipinski definition) is 4. The van der Waals surface area contributed by atoms with Gasteiger partial charge in [-0.3, -0.25) is 9.69 Å². The zero-order valence-corrected chi connectivity index (χ0v) is 13.9. The second-order valence-electron chi connectivity index (χ2n) is 6.34. The molecule has 2 saturated heterocycles. The van der Waals surface area contributed by atoms with Crippen molar-refractivity contribution in [2.75, 3.05) is 46.4 Å². The minimum absolute atomic E-state index is 0.204. The number of hydrogen-bond donors (Lipinski definition) is 0. The molecule has 2 aliphatic heterocycles. The summed E-state index contributed by atoms with van der Waals surface area (Å²) >= 11 is 0. The molecule has 1 atom stereocenters. The molecular weight excluding hydrogens is 292 g/mol. The lowest BCUT2D eigenvalue weighted by molar-refractivity contribution is -0.132. The molecule has 1 aromatic rings. The van der Waals surface area contributed by atoms with E-state index in [4.69, 9.17) is 9.47 Å². The van der Waals surface area contributed by atoms with Crippen LogP contribution in [0.2, 0.25) is 0 Å². The number of nitrogens with zero attached hydrogens (tertiary/aromatic N) is 2. The number of carbonyl (C=O) groups excluding carboxylic acids is 1. The molecule has 3 rings (SSSR count). The van der Waals surface area contributed by atoms with Crippen molar-refractivity contribution in [3.8, 4) is 5.75 Å². The van der Waals surface area contributed by atoms with Crippen LogP contribution in [0.5, 0.6) is 5.75 Å². The van der Waals surface area contributed by atoms with Crippen molar-refractivity contribution in [3.63, 3.8) is 0 Å². The van der Waals surface area contributed by atoms with Crippen molar-refractivity contribution in [1.82, 2.24) is 9.80 Å². The predicted octanol–water partition coefficient (Wildman–Crippen LogP) is 1.56. The molecule has 2 fully saturated rings. The number of methoxy groups -OCH3 is 1. The van der Waals surface area contributed by atoms with Crippen LogP contribution < -0.4 is 4.74 Å². The van der Waals surface area contributed by atoms with Gasteiger partial charge in [0.25, 0.3) is 0 Å². The van der Waals surface area contributed by atoms with Crippen molar-refractivity contribution in [2.45, 2.75) is 25.4 Å². The van der Waals surface area contributed by atoms with Gasteiger partial charge in [0.2, 0.25) is 5.91 Å². The quantitative estimate of drug-likeness (QED) is 0.826. The van der Waals surface area contributed by atoms with Crippen LogP contribution in [0.3, 0.4) is 0 Å². The fourth-order valence-electron chi connectivity index (χ4n) is 3.33. The van der Waals surface area contributed by atoms with Crippen LogP contribution in [-0.2, 0) is 16.0 Å². The van der Waals surface area contributed by atoms with Crippen LogP contribution in [0.25, 0.3) is 0 Å². The summed E-state index contributed by atoms with van der Waals surface area (Å²) in [6.07, 6.45) is 3.20. The smallest absolute Gasteiger partial charge is 0.227 e. The van der Waals surface area contributed by atoms with Crippen LogP contribution in [0, 0.1) is 0 Å². The Labute approximate surface area is 138 Å². The highest BCUT2D eigenvalue weighted by Gasteiger charge is 2.24. The molecule has 1 unspecified atom stereocenters. The molecule has 2 heterocycles. The highest BCUT2D eigenvalue weighted by atomic mass is 16.5. The number of rotatable bonds is 5. The van der Waals surface area contributed by atoms with E-state index in [1.165, 1.54) is 12.8 Å². The largest absolute Gasteiger partial charge is 0.497 e. The summed E-state index contributed by atoms with van der Waals surface area (Å²) in [5.74, 6) is 1.01. The van der Waals surface area contributed by atoms with E-state index in [9.17, 15) is 4.79 Å². The minimum atomic E-state index is 0.204. The van der Waals surface area contributed by atoms with E-state index in [1.54, 1.807) is 7.11 Å². The zero-order valence-electron chi connectivity index (χ0n) is 13.9. The molecule has 126 valence electrons. The average Bonchev–Trinajstić information content (AvgIpc) is 3.08. The first-order chi connectivity index (χ1) is 11.2. The Bertz CT molecular complexity index is 521. The predicted molar refractivity (Wildman–Crippen MR) is 88.7 cm³/mol. The number of benzene rings is 1. The fraction of sp³-hybridized carbons (Fsp3) is 0.611. The van der Waals surface area contributed by atoms with Gasteiger partial charge in [0.1, 0.15) is 5.75 Å². The van der Waals surface area contributed by atoms with Gasteiger partial charge in [-0.15, -0.1) is 0 Å². The van der Waals surface area contributed by atoms with E-state index >= 15 is 0 Å². The fourth-order valence-corrected chi connectivity index (χ4v) is 3.33. The maximum absolute atomic E-state index is 12.5. The molecule has 1 amide bonds. The summed E-state index contributed by atoms with van der Waals surface area (Å²) in [6, 6.07) is 7.75. The normalized spacial score (nSPS) is 22.3. The summed E-state index contributed by atoms with van der Waals surface area (Å²) in [5.41, 5.74) is 1.01. The number of piperazine rings is 1. The highest BCUT2D eigenvalue weighted by molar-refractivity contribution is 5.79. The van der Waals surface area contributed by atoms with Gasteiger partial charge in [0.15, 0.2) is 0 Å². The Hall–Kier alpha value is -1.59. The molecule has 0 aromatic heterocycles. The van der Waals surface area contributed by atoms with Gasteiger partial charge < -0.3 is 14.4 Å². The van der Waals surface area contributed by atoms with Crippen molar-refractivity contribution >= 4 is 5.91 Å². The number of carbonyl (C=O) groups is 1. The third kappa shape index (κ3) is 4.45. The first-order valence-electron chi connectivity index (χ1n) is 8.49. The van der Waals surface area contributed by atoms with Crippen LogP contribution in [0.4, 0.5) is 0 Å². The van der Waals surface area contributed by atoms with Crippen LogP contribution >= 0.6 is 0 Å². The van der Waals surface area contributed by atoms with Crippen molar-refractivity contribution < 1.29 is 14.3 Å². The summed E-state index contributed by atoms with van der Waals surface area (Å²) < 4.78 is 10.9. The Morgan fingerprint density at radius 2 is 2.13 bits per heavy atom. The first-order valence-corrected chi connectivity index (χ1v) is 8.49. The maximum Gasteiger partial charge on any atom is 0.227 e. The topological polar surface area (TPSA) is 42.0 Å². The average molecular weight is 318 g/mol. The molecule has 0 saturated carbocycles. The van der Waals surface area contributed by atoms with E-state index in [0.717, 1.165) is 50.6 Å². The summed E-state index contributed by atoms with van der Waals surface area (Å²) in [6.45, 7) is 5.44. The van der Waals surface area contributed by atoms with Gasteiger partial charge in [0, 0.05) is 39.3 Å². The van der Waals surface area contributed by atoms with E-state index in [2.05, 4.69) is 4.90 Å². The lowest BCUT2D eigenvalue weighted by Crippen LogP contribution is -2.50. The lowest BCUT2D eigenvalue weighted by Gasteiger charge is -2.35. The molecular formula is C18H26N2O3. The second kappa shape index (κ2) is 7.79. The van der Waals surface area contributed by atoms with Crippen LogP contribution in [0.15, 0.2) is 24.3 Å². The molecule has 0 radical (unpaired) electrons. The molecule has 5 nitrogen and oxygen atoms in total. The summed E-state index contributed by atoms with van der Waals surface area (Å²) in [7, 11) is 1.65. The van der Waals surface area contributed by atoms with Gasteiger partial charge in [-0.05, 0) is 30.5 Å². The first kappa shape index (κ1) is 16.3. The van der Waals surface area contributed by atoms with E-state index in [0.29, 0.717) is 12.5 Å². The van der Waals surface area contributed by atoms with Crippen LogP contribution in [0.1, 0.15) is 18.4 Å². The van der Waals surface area contributed by atoms with E-state index in [1.807, 2.05) is 29.2 Å². The maximum atomic E-state index is 12.5. The Kier molecular flexibility index (Phi) is 5.51. The van der Waals surface area contributed by atoms with Gasteiger partial charge in [-0.2, -0.15) is 0 Å². The standard InChI is InChI=1S/C18H26N2O3/c1-22-16-5-2-4-15(12-16)13-18(21)20-9-7-19(8-10-20)14-17-6-3-11-23-17/h2,4-5,12,17H,3,6-11,13-14H2,1H3. The molecule has 23 heavy (non-hydrogen) atoms. The Morgan fingerprint density at radius 1 is 1.30 bits per heavy atom. The van der Waals surface area contributed by atoms with Crippen LogP contribution in [-0.4, -0.2) is 68.3 Å². The minimum Gasteiger partial charge on any atom is -0.497 e. The van der Waals surface area contributed by atoms with Gasteiger partial charge >= 0.3 is 0 Å². The van der Waals surface area contributed by atoms with E-state index < -0.39 is 0 Å². The molecule has 0 aliphatic carbocycles. The lowest BCUT2D eigenvalue weighted by atomic mass is 10.1. The van der Waals surface area contributed by atoms with Crippen molar-refractivity contribution in [1.29, 1.82) is 0 Å². The van der Waals surface area contributed by atoms with Crippen molar-refractivity contribution in [2.24, 2.45) is 0 Å². The van der Waals surface area contributed by atoms with Gasteiger partial charge in [0.05, 0.1) is 19.6 Å². The SMILES string of the molecule is COc1cccc(CC(=O)N2CCN(CC3CCCO3)CC2)c1. The molecule has 0 spiro atoms. The summed E-state index contributed by atoms with van der Waals surface area (Å²) in [5, 5.41) is 0. The molecule has 5 heteroatoms. The molecule has 1 aromatic carbocycles. The van der Waals surface area contributed by atoms with Gasteiger partial charge in [-0.25, -0.2) is 0 Å².